The van der Waals surface area contributed by atoms with Gasteiger partial charge in [-0.05, 0) is 25.7 Å². The van der Waals surface area contributed by atoms with Crippen molar-refractivity contribution in [2.24, 2.45) is 7.05 Å². The van der Waals surface area contributed by atoms with E-state index in [2.05, 4.69) is 10.2 Å². The third-order valence-electron chi connectivity index (χ3n) is 3.58. The van der Waals surface area contributed by atoms with Gasteiger partial charge in [-0.2, -0.15) is 10.2 Å². The van der Waals surface area contributed by atoms with Crippen LogP contribution in [0, 0.1) is 0 Å². The molecule has 1 N–H and O–H groups in total. The zero-order chi connectivity index (χ0) is 13.6. The van der Waals surface area contributed by atoms with Crippen molar-refractivity contribution in [3.05, 3.63) is 28.8 Å². The van der Waals surface area contributed by atoms with Crippen LogP contribution >= 0.6 is 0 Å². The number of fused-ring (bicyclic) bond motifs is 1. The van der Waals surface area contributed by atoms with Crippen LogP contribution in [0.1, 0.15) is 40.8 Å². The minimum Gasteiger partial charge on any atom is -0.476 e. The summed E-state index contributed by atoms with van der Waals surface area (Å²) in [5, 5.41) is 17.9. The molecule has 0 amide bonds. The van der Waals surface area contributed by atoms with Crippen molar-refractivity contribution in [3.63, 3.8) is 0 Å². The quantitative estimate of drug-likeness (QED) is 0.904. The van der Waals surface area contributed by atoms with E-state index in [4.69, 9.17) is 0 Å². The predicted octanol–water partition coefficient (Wildman–Crippen LogP) is 1.36. The summed E-state index contributed by atoms with van der Waals surface area (Å²) in [5.74, 6) is -0.946. The zero-order valence-electron chi connectivity index (χ0n) is 11.1. The third kappa shape index (κ3) is 1.75. The summed E-state index contributed by atoms with van der Waals surface area (Å²) in [6.45, 7) is 2.04. The van der Waals surface area contributed by atoms with E-state index >= 15 is 0 Å². The van der Waals surface area contributed by atoms with Crippen LogP contribution in [0.5, 0.6) is 0 Å². The van der Waals surface area contributed by atoms with E-state index in [-0.39, 0.29) is 5.69 Å². The fraction of sp³-hybridized carbons (Fsp3) is 0.462. The van der Waals surface area contributed by atoms with Crippen LogP contribution in [0.2, 0.25) is 0 Å². The summed E-state index contributed by atoms with van der Waals surface area (Å²) >= 11 is 0. The first-order valence-electron chi connectivity index (χ1n) is 6.48. The molecule has 0 atom stereocenters. The Morgan fingerprint density at radius 2 is 2.21 bits per heavy atom. The molecule has 0 fully saturated rings. The maximum atomic E-state index is 11.3. The number of aryl methyl sites for hydroxylation is 2. The fourth-order valence-corrected chi connectivity index (χ4v) is 2.76. The lowest BCUT2D eigenvalue weighted by Gasteiger charge is -2.03. The molecule has 0 saturated heterocycles. The molecule has 2 heterocycles. The van der Waals surface area contributed by atoms with Crippen molar-refractivity contribution in [1.29, 1.82) is 0 Å². The Hall–Kier alpha value is -2.11. The lowest BCUT2D eigenvalue weighted by molar-refractivity contribution is 0.0689. The summed E-state index contributed by atoms with van der Waals surface area (Å²) < 4.78 is 3.52. The van der Waals surface area contributed by atoms with Gasteiger partial charge < -0.3 is 5.11 Å². The lowest BCUT2D eigenvalue weighted by Crippen LogP contribution is -2.05. The van der Waals surface area contributed by atoms with Crippen LogP contribution in [0.3, 0.4) is 0 Å². The minimum atomic E-state index is -0.946. The highest BCUT2D eigenvalue weighted by Gasteiger charge is 2.27. The predicted molar refractivity (Wildman–Crippen MR) is 68.7 cm³/mol. The second kappa shape index (κ2) is 4.22. The highest BCUT2D eigenvalue weighted by Crippen LogP contribution is 2.28. The van der Waals surface area contributed by atoms with Gasteiger partial charge in [-0.15, -0.1) is 0 Å². The first-order valence-corrected chi connectivity index (χ1v) is 6.48. The molecule has 0 unspecified atom stereocenters. The van der Waals surface area contributed by atoms with Crippen molar-refractivity contribution in [1.82, 2.24) is 19.6 Å². The van der Waals surface area contributed by atoms with Crippen molar-refractivity contribution < 1.29 is 9.90 Å². The summed E-state index contributed by atoms with van der Waals surface area (Å²) in [7, 11) is 1.87. The van der Waals surface area contributed by atoms with Crippen molar-refractivity contribution in [2.45, 2.75) is 32.6 Å². The first kappa shape index (κ1) is 12.0. The normalized spacial score (nSPS) is 13.8. The Morgan fingerprint density at radius 3 is 2.89 bits per heavy atom. The van der Waals surface area contributed by atoms with E-state index in [1.54, 1.807) is 9.36 Å². The molecule has 100 valence electrons. The Balaban J connectivity index is 2.20. The van der Waals surface area contributed by atoms with Gasteiger partial charge in [0, 0.05) is 18.3 Å². The van der Waals surface area contributed by atoms with Gasteiger partial charge >= 0.3 is 5.97 Å². The largest absolute Gasteiger partial charge is 0.476 e. The number of carboxylic acids is 1. The van der Waals surface area contributed by atoms with E-state index in [0.29, 0.717) is 0 Å². The number of rotatable bonds is 3. The number of carbonyl (C=O) groups is 1. The molecule has 19 heavy (non-hydrogen) atoms. The van der Waals surface area contributed by atoms with Crippen LogP contribution < -0.4 is 0 Å². The average Bonchev–Trinajstić information content (AvgIpc) is 3.01. The van der Waals surface area contributed by atoms with Gasteiger partial charge in [0.2, 0.25) is 0 Å². The molecule has 2 aromatic heterocycles. The Bertz CT molecular complexity index is 654. The number of nitrogens with zero attached hydrogens (tertiary/aromatic N) is 4. The summed E-state index contributed by atoms with van der Waals surface area (Å²) in [4.78, 5) is 11.3. The topological polar surface area (TPSA) is 72.9 Å². The van der Waals surface area contributed by atoms with Crippen LogP contribution in [0.4, 0.5) is 0 Å². The Morgan fingerprint density at radius 1 is 1.42 bits per heavy atom. The van der Waals surface area contributed by atoms with Gasteiger partial charge in [0.05, 0.1) is 11.9 Å². The van der Waals surface area contributed by atoms with Crippen LogP contribution in [-0.4, -0.2) is 30.6 Å². The molecule has 0 spiro atoms. The number of aromatic carboxylic acids is 1. The highest BCUT2D eigenvalue weighted by molar-refractivity contribution is 5.87. The molecule has 0 saturated carbocycles. The monoisotopic (exact) mass is 260 g/mol. The molecule has 0 aromatic carbocycles. The number of hydrogen-bond donors (Lipinski definition) is 1. The number of carboxylic acid groups (broad SMARTS) is 1. The van der Waals surface area contributed by atoms with Gasteiger partial charge in [-0.3, -0.25) is 4.68 Å². The second-order valence-electron chi connectivity index (χ2n) is 4.83. The minimum absolute atomic E-state index is 0.193. The number of aromatic nitrogens is 4. The van der Waals surface area contributed by atoms with Gasteiger partial charge in [-0.25, -0.2) is 9.48 Å². The van der Waals surface area contributed by atoms with E-state index < -0.39 is 5.97 Å². The maximum absolute atomic E-state index is 11.3. The molecule has 2 aromatic rings. The molecular formula is C13H16N4O2. The average molecular weight is 260 g/mol. The Labute approximate surface area is 110 Å². The number of hydrogen-bond acceptors (Lipinski definition) is 3. The van der Waals surface area contributed by atoms with Gasteiger partial charge in [0.15, 0.2) is 5.69 Å². The van der Waals surface area contributed by atoms with E-state index in [1.165, 1.54) is 0 Å². The zero-order valence-corrected chi connectivity index (χ0v) is 11.1. The van der Waals surface area contributed by atoms with Crippen molar-refractivity contribution in [2.75, 3.05) is 0 Å². The molecule has 1 aliphatic carbocycles. The van der Waals surface area contributed by atoms with Crippen LogP contribution in [0.15, 0.2) is 6.20 Å². The molecule has 6 nitrogen and oxygen atoms in total. The van der Waals surface area contributed by atoms with E-state index in [1.807, 2.05) is 20.2 Å². The molecule has 0 radical (unpaired) electrons. The van der Waals surface area contributed by atoms with Gasteiger partial charge in [0.25, 0.3) is 0 Å². The SMILES string of the molecule is CCc1nn(C)cc1-n1nc(C(=O)O)c2c1CCC2. The molecule has 1 aliphatic rings. The van der Waals surface area contributed by atoms with E-state index in [0.717, 1.165) is 48.3 Å². The molecule has 3 rings (SSSR count). The van der Waals surface area contributed by atoms with Crippen LogP contribution in [0.25, 0.3) is 5.69 Å². The highest BCUT2D eigenvalue weighted by atomic mass is 16.4. The Kier molecular flexibility index (Phi) is 2.66. The standard InChI is InChI=1S/C13H16N4O2/c1-3-9-11(7-16(2)14-9)17-10-6-4-5-8(10)12(15-17)13(18)19/h7H,3-6H2,1-2H3,(H,18,19). The molecule has 0 bridgehead atoms. The molecule has 0 aliphatic heterocycles. The van der Waals surface area contributed by atoms with Gasteiger partial charge in [-0.1, -0.05) is 6.92 Å². The third-order valence-corrected chi connectivity index (χ3v) is 3.58. The summed E-state index contributed by atoms with van der Waals surface area (Å²) in [6.07, 6.45) is 5.38. The molecular weight excluding hydrogens is 244 g/mol. The van der Waals surface area contributed by atoms with Crippen molar-refractivity contribution in [3.8, 4) is 5.69 Å². The summed E-state index contributed by atoms with van der Waals surface area (Å²) in [5.41, 5.74) is 3.95. The van der Waals surface area contributed by atoms with Crippen molar-refractivity contribution >= 4 is 5.97 Å². The lowest BCUT2D eigenvalue weighted by atomic mass is 10.2. The van der Waals surface area contributed by atoms with E-state index in [9.17, 15) is 9.90 Å². The smallest absolute Gasteiger partial charge is 0.356 e. The maximum Gasteiger partial charge on any atom is 0.356 e. The fourth-order valence-electron chi connectivity index (χ4n) is 2.76. The summed E-state index contributed by atoms with van der Waals surface area (Å²) in [6, 6.07) is 0. The van der Waals surface area contributed by atoms with Gasteiger partial charge in [0.1, 0.15) is 5.69 Å². The molecule has 6 heteroatoms. The first-order chi connectivity index (χ1) is 9.11. The second-order valence-corrected chi connectivity index (χ2v) is 4.83. The van der Waals surface area contributed by atoms with Crippen LogP contribution in [-0.2, 0) is 26.3 Å².